The highest BCUT2D eigenvalue weighted by Gasteiger charge is 2.32. The number of benzene rings is 2. The number of rotatable bonds is 6. The van der Waals surface area contributed by atoms with Crippen LogP contribution in [-0.2, 0) is 20.9 Å². The second kappa shape index (κ2) is 14.1. The number of aryl methyl sites for hydroxylation is 2. The predicted molar refractivity (Wildman–Crippen MR) is 175 cm³/mol. The van der Waals surface area contributed by atoms with E-state index < -0.39 is 23.4 Å². The van der Waals surface area contributed by atoms with Crippen molar-refractivity contribution in [2.24, 2.45) is 10.1 Å². The minimum Gasteiger partial charge on any atom is -0.444 e. The first-order valence-electron chi connectivity index (χ1n) is 15.3. The molecule has 246 valence electrons. The highest BCUT2D eigenvalue weighted by atomic mass is 16.6. The van der Waals surface area contributed by atoms with Crippen LogP contribution in [0.4, 0.5) is 9.59 Å². The summed E-state index contributed by atoms with van der Waals surface area (Å²) in [6, 6.07) is 14.0. The van der Waals surface area contributed by atoms with Gasteiger partial charge in [-0.3, -0.25) is 5.32 Å². The van der Waals surface area contributed by atoms with E-state index in [2.05, 4.69) is 57.7 Å². The maximum atomic E-state index is 12.6. The molecule has 12 heteroatoms. The molecule has 12 nitrogen and oxygen atoms in total. The lowest BCUT2D eigenvalue weighted by Crippen LogP contribution is -2.45. The Kier molecular flexibility index (Phi) is 10.5. The summed E-state index contributed by atoms with van der Waals surface area (Å²) in [6.07, 6.45) is -0.907. The van der Waals surface area contributed by atoms with E-state index in [0.29, 0.717) is 37.8 Å². The molecule has 2 aromatic carbocycles. The molecule has 0 bridgehead atoms. The molecule has 1 N–H and O–H groups in total. The van der Waals surface area contributed by atoms with Crippen LogP contribution >= 0.6 is 0 Å². The molecule has 1 fully saturated rings. The van der Waals surface area contributed by atoms with Crippen molar-refractivity contribution in [3.63, 3.8) is 0 Å². The number of alkyl carbamates (subject to hydrolysis) is 1. The Balaban J connectivity index is 1.40. The first-order chi connectivity index (χ1) is 21.5. The number of likely N-dealkylation sites (tertiary alicyclic amines) is 1. The molecule has 0 aliphatic carbocycles. The summed E-state index contributed by atoms with van der Waals surface area (Å²) in [5.74, 6) is 0.799. The first kappa shape index (κ1) is 34.1. The SMILES string of the molecule is C/C(=N\OCc1cc(C)cc(C)c1)c1ccc(-c2noc([C@@H]3CCN(C(=NC(=O)OC(C)(C)C)NC(=O)OC(C)(C)C)C3)n2)cc1. The lowest BCUT2D eigenvalue weighted by molar-refractivity contribution is 0.0555. The van der Waals surface area contributed by atoms with Crippen LogP contribution in [0.25, 0.3) is 11.4 Å². The number of aliphatic imine (C=N–C) groups is 1. The van der Waals surface area contributed by atoms with E-state index in [1.54, 1.807) is 46.4 Å². The Morgan fingerprint density at radius 2 is 1.65 bits per heavy atom. The molecule has 0 unspecified atom stereocenters. The van der Waals surface area contributed by atoms with Gasteiger partial charge in [-0.15, -0.1) is 4.99 Å². The molecule has 1 atom stereocenters. The molecule has 1 saturated heterocycles. The monoisotopic (exact) mass is 632 g/mol. The van der Waals surface area contributed by atoms with Crippen molar-refractivity contribution in [2.75, 3.05) is 13.1 Å². The number of carbonyl (C=O) groups is 2. The van der Waals surface area contributed by atoms with Crippen LogP contribution in [0.5, 0.6) is 0 Å². The fourth-order valence-electron chi connectivity index (χ4n) is 4.89. The molecule has 2 amide bonds. The smallest absolute Gasteiger partial charge is 0.437 e. The van der Waals surface area contributed by atoms with Crippen LogP contribution < -0.4 is 5.32 Å². The third kappa shape index (κ3) is 10.1. The van der Waals surface area contributed by atoms with Crippen LogP contribution in [0.15, 0.2) is 57.1 Å². The molecule has 2 heterocycles. The number of nitrogens with zero attached hydrogens (tertiary/aromatic N) is 5. The quantitative estimate of drug-likeness (QED) is 0.174. The second-order valence-electron chi connectivity index (χ2n) is 13.5. The van der Waals surface area contributed by atoms with Gasteiger partial charge in [0.2, 0.25) is 17.7 Å². The Hall–Kier alpha value is -4.74. The predicted octanol–water partition coefficient (Wildman–Crippen LogP) is 6.90. The van der Waals surface area contributed by atoms with Crippen molar-refractivity contribution in [3.05, 3.63) is 70.6 Å². The Morgan fingerprint density at radius 1 is 1.00 bits per heavy atom. The topological polar surface area (TPSA) is 141 Å². The largest absolute Gasteiger partial charge is 0.444 e. The minimum atomic E-state index is -0.821. The van der Waals surface area contributed by atoms with Crippen molar-refractivity contribution < 1.29 is 28.4 Å². The summed E-state index contributed by atoms with van der Waals surface area (Å²) >= 11 is 0. The molecular formula is C34H44N6O6. The molecule has 1 aromatic heterocycles. The van der Waals surface area contributed by atoms with Crippen LogP contribution in [0.3, 0.4) is 0 Å². The van der Waals surface area contributed by atoms with Crippen molar-refractivity contribution in [1.29, 1.82) is 0 Å². The van der Waals surface area contributed by atoms with Crippen molar-refractivity contribution in [1.82, 2.24) is 20.4 Å². The fraction of sp³-hybridized carbons (Fsp3) is 0.471. The van der Waals surface area contributed by atoms with Gasteiger partial charge in [-0.05, 0) is 79.9 Å². The second-order valence-corrected chi connectivity index (χ2v) is 13.5. The van der Waals surface area contributed by atoms with Gasteiger partial charge in [0.1, 0.15) is 17.8 Å². The average Bonchev–Trinajstić information content (AvgIpc) is 3.61. The zero-order chi connectivity index (χ0) is 33.6. The van der Waals surface area contributed by atoms with Gasteiger partial charge in [-0.1, -0.05) is 63.9 Å². The molecule has 0 saturated carbocycles. The summed E-state index contributed by atoms with van der Waals surface area (Å²) < 4.78 is 16.4. The third-order valence-corrected chi connectivity index (χ3v) is 6.76. The van der Waals surface area contributed by atoms with E-state index in [9.17, 15) is 9.59 Å². The molecule has 0 radical (unpaired) electrons. The highest BCUT2D eigenvalue weighted by molar-refractivity contribution is 5.99. The Bertz CT molecular complexity index is 1580. The lowest BCUT2D eigenvalue weighted by atomic mass is 10.1. The molecule has 46 heavy (non-hydrogen) atoms. The zero-order valence-electron chi connectivity index (χ0n) is 28.1. The van der Waals surface area contributed by atoms with E-state index >= 15 is 0 Å². The minimum absolute atomic E-state index is 0.0383. The summed E-state index contributed by atoms with van der Waals surface area (Å²) in [4.78, 5) is 41.1. The molecular weight excluding hydrogens is 588 g/mol. The van der Waals surface area contributed by atoms with E-state index in [0.717, 1.165) is 22.4 Å². The number of hydrogen-bond acceptors (Lipinski definition) is 9. The summed E-state index contributed by atoms with van der Waals surface area (Å²) in [5.41, 5.74) is 4.43. The van der Waals surface area contributed by atoms with Crippen molar-refractivity contribution >= 4 is 23.9 Å². The average molecular weight is 633 g/mol. The Labute approximate surface area is 270 Å². The van der Waals surface area contributed by atoms with Gasteiger partial charge < -0.3 is 23.7 Å². The molecule has 0 spiro atoms. The van der Waals surface area contributed by atoms with E-state index in [-0.39, 0.29) is 11.9 Å². The van der Waals surface area contributed by atoms with Crippen LogP contribution in [0.1, 0.15) is 88.9 Å². The zero-order valence-corrected chi connectivity index (χ0v) is 28.1. The number of oxime groups is 1. The van der Waals surface area contributed by atoms with Gasteiger partial charge in [-0.25, -0.2) is 9.59 Å². The molecule has 4 rings (SSSR count). The summed E-state index contributed by atoms with van der Waals surface area (Å²) in [7, 11) is 0. The number of nitrogens with one attached hydrogen (secondary N) is 1. The highest BCUT2D eigenvalue weighted by Crippen LogP contribution is 2.28. The number of guanidine groups is 1. The molecule has 1 aliphatic heterocycles. The maximum Gasteiger partial charge on any atom is 0.437 e. The van der Waals surface area contributed by atoms with E-state index in [1.807, 2.05) is 31.2 Å². The third-order valence-electron chi connectivity index (χ3n) is 6.76. The van der Waals surface area contributed by atoms with Gasteiger partial charge >= 0.3 is 12.2 Å². The molecule has 3 aromatic rings. The van der Waals surface area contributed by atoms with Crippen molar-refractivity contribution in [2.45, 2.75) is 92.5 Å². The Morgan fingerprint density at radius 3 is 2.28 bits per heavy atom. The first-order valence-corrected chi connectivity index (χ1v) is 15.3. The van der Waals surface area contributed by atoms with Crippen molar-refractivity contribution in [3.8, 4) is 11.4 Å². The van der Waals surface area contributed by atoms with Gasteiger partial charge in [0, 0.05) is 18.7 Å². The number of carbonyl (C=O) groups excluding carboxylic acids is 2. The van der Waals surface area contributed by atoms with E-state index in [4.69, 9.17) is 18.8 Å². The molecule has 1 aliphatic rings. The van der Waals surface area contributed by atoms with E-state index in [1.165, 1.54) is 11.1 Å². The summed E-state index contributed by atoms with van der Waals surface area (Å²) in [5, 5.41) is 11.1. The number of hydrogen-bond donors (Lipinski definition) is 1. The van der Waals surface area contributed by atoms with Crippen LogP contribution in [0.2, 0.25) is 0 Å². The fourth-order valence-corrected chi connectivity index (χ4v) is 4.89. The normalized spacial score (nSPS) is 15.9. The van der Waals surface area contributed by atoms with Gasteiger partial charge in [-0.2, -0.15) is 4.98 Å². The maximum absolute atomic E-state index is 12.6. The number of ether oxygens (including phenoxy) is 2. The number of amides is 2. The van der Waals surface area contributed by atoms with Gasteiger partial charge in [0.15, 0.2) is 0 Å². The van der Waals surface area contributed by atoms with Gasteiger partial charge in [0.25, 0.3) is 0 Å². The van der Waals surface area contributed by atoms with Crippen LogP contribution in [-0.4, -0.2) is 63.2 Å². The summed E-state index contributed by atoms with van der Waals surface area (Å²) in [6.45, 7) is 17.8. The van der Waals surface area contributed by atoms with Gasteiger partial charge in [0.05, 0.1) is 11.6 Å². The van der Waals surface area contributed by atoms with Crippen LogP contribution in [0, 0.1) is 13.8 Å². The number of aromatic nitrogens is 2. The lowest BCUT2D eigenvalue weighted by Gasteiger charge is -2.24. The standard InChI is InChI=1S/C34H44N6O6/c1-21-16-22(2)18-24(17-21)20-43-38-23(3)25-10-12-26(13-11-25)28-35-29(46-39-28)27-14-15-40(19-27)30(36-31(41)44-33(4,5)6)37-32(42)45-34(7,8)9/h10-13,16-18,27H,14-15,19-20H2,1-9H3,(H,36,37,41,42)/b38-23+/t27-/m1/s1.